The number of amides is 1. The highest BCUT2D eigenvalue weighted by atomic mass is 16.7. The Labute approximate surface area is 338 Å². The van der Waals surface area contributed by atoms with Gasteiger partial charge in [0, 0.05) is 33.8 Å². The summed E-state index contributed by atoms with van der Waals surface area (Å²) in [4.78, 5) is 71.7. The molecule has 0 spiro atoms. The number of rotatable bonds is 7. The van der Waals surface area contributed by atoms with E-state index in [1.165, 1.54) is 14.2 Å². The number of piperidine rings is 1. The molecule has 0 radical (unpaired) electrons. The molecule has 2 saturated heterocycles. The molecule has 0 aromatic heterocycles. The summed E-state index contributed by atoms with van der Waals surface area (Å²) < 4.78 is 29.7. The molecule has 3 fully saturated rings. The maximum atomic E-state index is 14.3. The average molecular weight is 802 g/mol. The molecule has 1 aliphatic carbocycles. The van der Waals surface area contributed by atoms with Crippen LogP contribution in [-0.2, 0) is 47.7 Å². The van der Waals surface area contributed by atoms with Crippen LogP contribution in [0.1, 0.15) is 105 Å². The Morgan fingerprint density at radius 2 is 1.60 bits per heavy atom. The van der Waals surface area contributed by atoms with E-state index < -0.39 is 84.0 Å². The summed E-state index contributed by atoms with van der Waals surface area (Å²) in [6, 6.07) is -1.17. The van der Waals surface area contributed by atoms with Crippen molar-refractivity contribution in [3.05, 3.63) is 36.0 Å². The topological polar surface area (TPSA) is 175 Å². The van der Waals surface area contributed by atoms with Gasteiger partial charge >= 0.3 is 5.97 Å². The van der Waals surface area contributed by atoms with Crippen LogP contribution < -0.4 is 0 Å². The minimum atomic E-state index is -2.52. The molecule has 57 heavy (non-hydrogen) atoms. The third kappa shape index (κ3) is 11.2. The number of ketones is 3. The standard InChI is InChI=1S/C44H67NO12/c1-10-13-31-19-25(2)18-26(3)20-37(54-8)40-38(55-9)22-28(5)44(52,57-40)41(49)42(50)45-17-12-11-14-32(45)43(51)56-39(29(6)34(47)24-35(31)48)27(4)21-30-15-16-33(46)36(23-30)53-7/h10,19,21,25-26,28-30,32-33,36-40,46,52H,1,11-18,20,22-24H2,2-9H3/t25?,26?,28-,29?,30+,32+,33?,36-,37?,38+,39?,40?,44-/m1/s1. The Bertz CT molecular complexity index is 1520. The summed E-state index contributed by atoms with van der Waals surface area (Å²) in [6.07, 6.45) is 5.42. The molecule has 7 unspecified atom stereocenters. The van der Waals surface area contributed by atoms with Crippen LogP contribution in [0.25, 0.3) is 0 Å². The number of esters is 1. The van der Waals surface area contributed by atoms with Gasteiger partial charge in [0.05, 0.1) is 36.8 Å². The van der Waals surface area contributed by atoms with Crippen molar-refractivity contribution in [2.24, 2.45) is 29.6 Å². The van der Waals surface area contributed by atoms with Gasteiger partial charge < -0.3 is 38.8 Å². The summed E-state index contributed by atoms with van der Waals surface area (Å²) in [5, 5.41) is 22.4. The summed E-state index contributed by atoms with van der Waals surface area (Å²) in [5.74, 6) is -8.20. The van der Waals surface area contributed by atoms with Gasteiger partial charge in [-0.25, -0.2) is 4.79 Å². The number of hydrogen-bond acceptors (Lipinski definition) is 12. The summed E-state index contributed by atoms with van der Waals surface area (Å²) >= 11 is 0. The van der Waals surface area contributed by atoms with E-state index >= 15 is 0 Å². The van der Waals surface area contributed by atoms with Crippen molar-refractivity contribution >= 4 is 29.2 Å². The Kier molecular flexibility index (Phi) is 17.0. The number of fused-ring (bicyclic) bond motifs is 3. The van der Waals surface area contributed by atoms with Crippen LogP contribution in [0.4, 0.5) is 0 Å². The van der Waals surface area contributed by atoms with Gasteiger partial charge in [0.15, 0.2) is 5.78 Å². The molecule has 320 valence electrons. The first-order valence-corrected chi connectivity index (χ1v) is 20.8. The van der Waals surface area contributed by atoms with E-state index in [4.69, 9.17) is 23.7 Å². The van der Waals surface area contributed by atoms with Gasteiger partial charge in [-0.1, -0.05) is 45.9 Å². The van der Waals surface area contributed by atoms with Crippen LogP contribution >= 0.6 is 0 Å². The van der Waals surface area contributed by atoms with Gasteiger partial charge in [0.2, 0.25) is 5.79 Å². The maximum absolute atomic E-state index is 14.3. The molecule has 4 aliphatic rings. The quantitative estimate of drug-likeness (QED) is 0.155. The molecular weight excluding hydrogens is 734 g/mol. The molecule has 3 heterocycles. The number of carbonyl (C=O) groups excluding carboxylic acids is 5. The number of nitrogens with zero attached hydrogens (tertiary/aromatic N) is 1. The zero-order chi connectivity index (χ0) is 42.2. The van der Waals surface area contributed by atoms with Gasteiger partial charge in [-0.15, -0.1) is 6.58 Å². The molecule has 13 nitrogen and oxygen atoms in total. The predicted molar refractivity (Wildman–Crippen MR) is 212 cm³/mol. The minimum Gasteiger partial charge on any atom is -0.456 e. The second-order valence-electron chi connectivity index (χ2n) is 17.1. The number of hydrogen-bond donors (Lipinski definition) is 2. The predicted octanol–water partition coefficient (Wildman–Crippen LogP) is 4.85. The number of aliphatic hydroxyl groups excluding tert-OH is 1. The number of allylic oxidation sites excluding steroid dienone is 4. The molecule has 1 amide bonds. The Morgan fingerprint density at radius 1 is 0.930 bits per heavy atom. The molecular formula is C44H67NO12. The summed E-state index contributed by atoms with van der Waals surface area (Å²) in [6.45, 7) is 13.0. The Balaban J connectivity index is 1.78. The fourth-order valence-corrected chi connectivity index (χ4v) is 9.31. The summed E-state index contributed by atoms with van der Waals surface area (Å²) in [5.41, 5.74) is 1.06. The highest BCUT2D eigenvalue weighted by Gasteiger charge is 2.56. The molecule has 2 N–H and O–H groups in total. The highest BCUT2D eigenvalue weighted by Crippen LogP contribution is 2.39. The molecule has 13 atom stereocenters. The van der Waals surface area contributed by atoms with Crippen LogP contribution in [0.3, 0.4) is 0 Å². The van der Waals surface area contributed by atoms with Crippen molar-refractivity contribution in [2.45, 2.75) is 154 Å². The normalized spacial score (nSPS) is 38.8. The number of methoxy groups -OCH3 is 3. The van der Waals surface area contributed by atoms with Crippen molar-refractivity contribution in [1.29, 1.82) is 0 Å². The zero-order valence-electron chi connectivity index (χ0n) is 35.3. The number of cyclic esters (lactones) is 1. The van der Waals surface area contributed by atoms with Crippen LogP contribution in [-0.4, -0.2) is 121 Å². The third-order valence-electron chi connectivity index (χ3n) is 12.7. The SMILES string of the molecule is C=CCC1=CC(C)CC(C)CC(OC)C2O[C@@](O)(C(=O)C(=O)N3CCCC[C@H]3C(=O)OC(C(C)=C[C@@H]3CCC(O)[C@H](OC)C3)C(C)C(=O)CC1=O)[C@H](C)C[C@@H]2OC. The van der Waals surface area contributed by atoms with Gasteiger partial charge in [0.25, 0.3) is 11.7 Å². The third-order valence-corrected chi connectivity index (χ3v) is 12.7. The minimum absolute atomic E-state index is 0.0160. The summed E-state index contributed by atoms with van der Waals surface area (Å²) in [7, 11) is 4.59. The number of aliphatic hydroxyl groups is 2. The van der Waals surface area contributed by atoms with Crippen LogP contribution in [0.5, 0.6) is 0 Å². The number of ether oxygens (including phenoxy) is 5. The highest BCUT2D eigenvalue weighted by molar-refractivity contribution is 6.39. The second-order valence-corrected chi connectivity index (χ2v) is 17.1. The maximum Gasteiger partial charge on any atom is 0.329 e. The van der Waals surface area contributed by atoms with E-state index in [9.17, 15) is 34.2 Å². The van der Waals surface area contributed by atoms with E-state index in [2.05, 4.69) is 6.58 Å². The van der Waals surface area contributed by atoms with Gasteiger partial charge in [0.1, 0.15) is 24.0 Å². The van der Waals surface area contributed by atoms with E-state index in [0.29, 0.717) is 56.1 Å². The van der Waals surface area contributed by atoms with E-state index in [0.717, 1.165) is 4.90 Å². The lowest BCUT2D eigenvalue weighted by molar-refractivity contribution is -0.302. The van der Waals surface area contributed by atoms with Crippen LogP contribution in [0.2, 0.25) is 0 Å². The lowest BCUT2D eigenvalue weighted by Crippen LogP contribution is -2.64. The van der Waals surface area contributed by atoms with Crippen molar-refractivity contribution in [3.8, 4) is 0 Å². The molecule has 3 aliphatic heterocycles. The first-order valence-electron chi connectivity index (χ1n) is 20.8. The fraction of sp³-hybridized carbons (Fsp3) is 0.750. The van der Waals surface area contributed by atoms with E-state index in [1.54, 1.807) is 34.0 Å². The monoisotopic (exact) mass is 801 g/mol. The lowest BCUT2D eigenvalue weighted by Gasteiger charge is -2.47. The number of carbonyl (C=O) groups is 5. The first-order chi connectivity index (χ1) is 27.0. The fourth-order valence-electron chi connectivity index (χ4n) is 9.31. The van der Waals surface area contributed by atoms with Crippen LogP contribution in [0.15, 0.2) is 36.0 Å². The van der Waals surface area contributed by atoms with Gasteiger partial charge in [-0.2, -0.15) is 0 Å². The largest absolute Gasteiger partial charge is 0.456 e. The molecule has 13 heteroatoms. The lowest BCUT2D eigenvalue weighted by atomic mass is 9.81. The molecule has 2 bridgehead atoms. The van der Waals surface area contributed by atoms with Crippen molar-refractivity contribution in [3.63, 3.8) is 0 Å². The molecule has 4 rings (SSSR count). The van der Waals surface area contributed by atoms with Crippen molar-refractivity contribution in [1.82, 2.24) is 4.90 Å². The van der Waals surface area contributed by atoms with Crippen molar-refractivity contribution < 1.29 is 57.9 Å². The second kappa shape index (κ2) is 20.8. The van der Waals surface area contributed by atoms with Crippen molar-refractivity contribution in [2.75, 3.05) is 27.9 Å². The van der Waals surface area contributed by atoms with E-state index in [-0.39, 0.29) is 55.4 Å². The Morgan fingerprint density at radius 3 is 2.25 bits per heavy atom. The molecule has 0 aromatic carbocycles. The Hall–Kier alpha value is -3.07. The number of Topliss-reactive ketones (excluding diaryl/α,β-unsaturated/α-hetero) is 3. The zero-order valence-corrected chi connectivity index (χ0v) is 35.3. The van der Waals surface area contributed by atoms with Crippen LogP contribution in [0, 0.1) is 29.6 Å². The molecule has 1 saturated carbocycles. The van der Waals surface area contributed by atoms with E-state index in [1.807, 2.05) is 26.0 Å². The first kappa shape index (κ1) is 46.6. The van der Waals surface area contributed by atoms with Gasteiger partial charge in [-0.3, -0.25) is 19.2 Å². The van der Waals surface area contributed by atoms with Gasteiger partial charge in [-0.05, 0) is 100 Å². The average Bonchev–Trinajstić information content (AvgIpc) is 3.18. The smallest absolute Gasteiger partial charge is 0.329 e. The molecule has 0 aromatic rings.